The van der Waals surface area contributed by atoms with Gasteiger partial charge in [0.15, 0.2) is 11.5 Å². The van der Waals surface area contributed by atoms with Crippen LogP contribution >= 0.6 is 0 Å². The van der Waals surface area contributed by atoms with E-state index >= 15 is 0 Å². The molecule has 3 heteroatoms. The van der Waals surface area contributed by atoms with E-state index < -0.39 is 0 Å². The maximum Gasteiger partial charge on any atom is 0.160 e. The Morgan fingerprint density at radius 1 is 0.769 bits per heavy atom. The molecular formula is C10H16O3. The predicted molar refractivity (Wildman–Crippen MR) is 52.5 cm³/mol. The molecule has 0 aromatic heterocycles. The molecule has 1 aromatic rings. The van der Waals surface area contributed by atoms with E-state index in [1.165, 1.54) is 0 Å². The van der Waals surface area contributed by atoms with Crippen molar-refractivity contribution < 1.29 is 14.2 Å². The highest BCUT2D eigenvalue weighted by Gasteiger charge is 1.97. The fourth-order valence-electron chi connectivity index (χ4n) is 0.787. The molecule has 0 aliphatic carbocycles. The highest BCUT2D eigenvalue weighted by molar-refractivity contribution is 5.38. The second-order valence-corrected chi connectivity index (χ2v) is 2.26. The lowest BCUT2D eigenvalue weighted by Gasteiger charge is -2.04. The standard InChI is InChI=1S/C8H10O2.C2H6O/c1-9-7-5-3-4-6-8(7)10-2;1-3-2/h3-6H,1-2H3;1-2H3. The number of benzene rings is 1. The Morgan fingerprint density at radius 2 is 1.08 bits per heavy atom. The Balaban J connectivity index is 0.000000424. The van der Waals surface area contributed by atoms with E-state index in [-0.39, 0.29) is 0 Å². The molecule has 0 aliphatic heterocycles. The van der Waals surface area contributed by atoms with Crippen molar-refractivity contribution in [1.29, 1.82) is 0 Å². The van der Waals surface area contributed by atoms with Gasteiger partial charge in [0.1, 0.15) is 0 Å². The third-order valence-electron chi connectivity index (χ3n) is 1.29. The molecule has 3 nitrogen and oxygen atoms in total. The third kappa shape index (κ3) is 4.38. The van der Waals surface area contributed by atoms with Crippen LogP contribution in [0, 0.1) is 0 Å². The molecule has 0 N–H and O–H groups in total. The van der Waals surface area contributed by atoms with Gasteiger partial charge in [-0.25, -0.2) is 0 Å². The molecule has 0 unspecified atom stereocenters. The van der Waals surface area contributed by atoms with E-state index in [0.717, 1.165) is 11.5 Å². The molecule has 1 aromatic carbocycles. The maximum absolute atomic E-state index is 5.01. The Bertz CT molecular complexity index is 200. The topological polar surface area (TPSA) is 27.7 Å². The summed E-state index contributed by atoms with van der Waals surface area (Å²) in [5.41, 5.74) is 0. The molecule has 0 amide bonds. The van der Waals surface area contributed by atoms with Gasteiger partial charge in [-0.05, 0) is 12.1 Å². The summed E-state index contributed by atoms with van der Waals surface area (Å²) in [5.74, 6) is 1.54. The molecule has 1 rings (SSSR count). The van der Waals surface area contributed by atoms with Crippen LogP contribution in [0.1, 0.15) is 0 Å². The van der Waals surface area contributed by atoms with Crippen LogP contribution in [0.25, 0.3) is 0 Å². The van der Waals surface area contributed by atoms with Crippen LogP contribution in [0.5, 0.6) is 11.5 Å². The fourth-order valence-corrected chi connectivity index (χ4v) is 0.787. The van der Waals surface area contributed by atoms with Gasteiger partial charge in [-0.3, -0.25) is 0 Å². The average molecular weight is 184 g/mol. The summed E-state index contributed by atoms with van der Waals surface area (Å²) in [6.45, 7) is 0. The van der Waals surface area contributed by atoms with Gasteiger partial charge >= 0.3 is 0 Å². The SMILES string of the molecule is COC.COc1ccccc1OC. The van der Waals surface area contributed by atoms with Crippen LogP contribution in [0.15, 0.2) is 24.3 Å². The smallest absolute Gasteiger partial charge is 0.160 e. The first-order valence-electron chi connectivity index (χ1n) is 3.87. The van der Waals surface area contributed by atoms with Gasteiger partial charge in [0.25, 0.3) is 0 Å². The summed E-state index contributed by atoms with van der Waals surface area (Å²) in [6.07, 6.45) is 0. The van der Waals surface area contributed by atoms with Crippen LogP contribution in [-0.4, -0.2) is 28.4 Å². The summed E-state index contributed by atoms with van der Waals surface area (Å²) < 4.78 is 14.3. The Morgan fingerprint density at radius 3 is 1.31 bits per heavy atom. The first-order chi connectivity index (χ1) is 6.29. The minimum absolute atomic E-state index is 0.769. The van der Waals surface area contributed by atoms with Gasteiger partial charge in [0.05, 0.1) is 14.2 Å². The number of hydrogen-bond donors (Lipinski definition) is 0. The van der Waals surface area contributed by atoms with Crippen molar-refractivity contribution in [3.05, 3.63) is 24.3 Å². The van der Waals surface area contributed by atoms with Crippen LogP contribution in [0.3, 0.4) is 0 Å². The minimum Gasteiger partial charge on any atom is -0.493 e. The van der Waals surface area contributed by atoms with Crippen LogP contribution in [0.2, 0.25) is 0 Å². The van der Waals surface area contributed by atoms with E-state index in [4.69, 9.17) is 9.47 Å². The predicted octanol–water partition coefficient (Wildman–Crippen LogP) is 1.97. The molecule has 0 saturated carbocycles. The lowest BCUT2D eigenvalue weighted by atomic mass is 10.3. The Labute approximate surface area is 79.2 Å². The summed E-state index contributed by atoms with van der Waals surface area (Å²) in [4.78, 5) is 0. The van der Waals surface area contributed by atoms with Crippen LogP contribution in [-0.2, 0) is 4.74 Å². The van der Waals surface area contributed by atoms with Crippen molar-refractivity contribution in [2.24, 2.45) is 0 Å². The Kier molecular flexibility index (Phi) is 6.73. The number of ether oxygens (including phenoxy) is 3. The van der Waals surface area contributed by atoms with E-state index in [1.54, 1.807) is 28.4 Å². The molecule has 0 radical (unpaired) electrons. The van der Waals surface area contributed by atoms with E-state index in [9.17, 15) is 0 Å². The molecule has 0 atom stereocenters. The van der Waals surface area contributed by atoms with Gasteiger partial charge in [-0.2, -0.15) is 0 Å². The van der Waals surface area contributed by atoms with Crippen molar-refractivity contribution in [2.45, 2.75) is 0 Å². The number of hydrogen-bond acceptors (Lipinski definition) is 3. The lowest BCUT2D eigenvalue weighted by Crippen LogP contribution is -1.88. The average Bonchev–Trinajstić information content (AvgIpc) is 2.19. The molecular weight excluding hydrogens is 168 g/mol. The maximum atomic E-state index is 5.01. The first-order valence-corrected chi connectivity index (χ1v) is 3.87. The zero-order chi connectivity index (χ0) is 10.1. The van der Waals surface area contributed by atoms with E-state index in [1.807, 2.05) is 24.3 Å². The molecule has 0 fully saturated rings. The van der Waals surface area contributed by atoms with Gasteiger partial charge in [-0.1, -0.05) is 12.1 Å². The quantitative estimate of drug-likeness (QED) is 0.703. The molecule has 13 heavy (non-hydrogen) atoms. The zero-order valence-corrected chi connectivity index (χ0v) is 8.53. The summed E-state index contributed by atoms with van der Waals surface area (Å²) in [7, 11) is 6.50. The number of para-hydroxylation sites is 2. The van der Waals surface area contributed by atoms with Crippen LogP contribution < -0.4 is 9.47 Å². The van der Waals surface area contributed by atoms with Gasteiger partial charge < -0.3 is 14.2 Å². The third-order valence-corrected chi connectivity index (χ3v) is 1.29. The van der Waals surface area contributed by atoms with Crippen molar-refractivity contribution in [1.82, 2.24) is 0 Å². The highest BCUT2D eigenvalue weighted by atomic mass is 16.5. The summed E-state index contributed by atoms with van der Waals surface area (Å²) in [5, 5.41) is 0. The molecule has 0 spiro atoms. The monoisotopic (exact) mass is 184 g/mol. The van der Waals surface area contributed by atoms with Gasteiger partial charge in [-0.15, -0.1) is 0 Å². The minimum atomic E-state index is 0.769. The molecule has 0 heterocycles. The Hall–Kier alpha value is -1.22. The summed E-state index contributed by atoms with van der Waals surface area (Å²) in [6, 6.07) is 7.53. The van der Waals surface area contributed by atoms with Crippen molar-refractivity contribution >= 4 is 0 Å². The second-order valence-electron chi connectivity index (χ2n) is 2.26. The first kappa shape index (κ1) is 11.8. The number of rotatable bonds is 2. The molecule has 0 saturated heterocycles. The number of methoxy groups -OCH3 is 3. The largest absolute Gasteiger partial charge is 0.493 e. The fraction of sp³-hybridized carbons (Fsp3) is 0.400. The van der Waals surface area contributed by atoms with Crippen LogP contribution in [0.4, 0.5) is 0 Å². The van der Waals surface area contributed by atoms with Crippen molar-refractivity contribution in [3.63, 3.8) is 0 Å². The lowest BCUT2D eigenvalue weighted by molar-refractivity contribution is 0.277. The van der Waals surface area contributed by atoms with Crippen molar-refractivity contribution in [3.8, 4) is 11.5 Å². The normalized spacial score (nSPS) is 8.31. The highest BCUT2D eigenvalue weighted by Crippen LogP contribution is 2.24. The van der Waals surface area contributed by atoms with Gasteiger partial charge in [0.2, 0.25) is 0 Å². The van der Waals surface area contributed by atoms with E-state index in [2.05, 4.69) is 4.74 Å². The van der Waals surface area contributed by atoms with E-state index in [0.29, 0.717) is 0 Å². The second kappa shape index (κ2) is 7.43. The van der Waals surface area contributed by atoms with Gasteiger partial charge in [0, 0.05) is 14.2 Å². The molecule has 74 valence electrons. The molecule has 0 aliphatic rings. The zero-order valence-electron chi connectivity index (χ0n) is 8.53. The summed E-state index contributed by atoms with van der Waals surface area (Å²) >= 11 is 0. The van der Waals surface area contributed by atoms with Crippen molar-refractivity contribution in [2.75, 3.05) is 28.4 Å². The molecule has 0 bridgehead atoms.